The lowest BCUT2D eigenvalue weighted by Gasteiger charge is -2.35. The minimum Gasteiger partial charge on any atom is -0.338 e. The zero-order valence-electron chi connectivity index (χ0n) is 25.0. The number of nitro benzene ring substituents is 1. The SMILES string of the molecule is O=C(c1ccccc1[N+](=O)[O-])N1CCC(C(=O)N(CCCN2CCC(Cc3ccc(F)cc3)CC2)c2ccc(Cl)c(Cl)c2)CC1. The van der Waals surface area contributed by atoms with Crippen molar-refractivity contribution in [1.29, 1.82) is 0 Å². The number of anilines is 1. The Hall–Kier alpha value is -3.53. The molecule has 0 atom stereocenters. The molecule has 5 rings (SSSR count). The van der Waals surface area contributed by atoms with Gasteiger partial charge < -0.3 is 14.7 Å². The first-order chi connectivity index (χ1) is 21.7. The van der Waals surface area contributed by atoms with E-state index in [4.69, 9.17) is 23.2 Å². The van der Waals surface area contributed by atoms with Crippen LogP contribution in [-0.2, 0) is 11.2 Å². The summed E-state index contributed by atoms with van der Waals surface area (Å²) in [6.07, 6.45) is 4.83. The molecule has 3 aromatic rings. The maximum Gasteiger partial charge on any atom is 0.282 e. The van der Waals surface area contributed by atoms with Crippen LogP contribution in [0.4, 0.5) is 15.8 Å². The number of carbonyl (C=O) groups excluding carboxylic acids is 2. The Morgan fingerprint density at radius 1 is 0.911 bits per heavy atom. The molecule has 2 fully saturated rings. The lowest BCUT2D eigenvalue weighted by atomic mass is 9.90. The van der Waals surface area contributed by atoms with Crippen molar-refractivity contribution >= 4 is 46.4 Å². The third-order valence-corrected chi connectivity index (χ3v) is 9.68. The van der Waals surface area contributed by atoms with Crippen molar-refractivity contribution in [1.82, 2.24) is 9.80 Å². The molecule has 0 aliphatic carbocycles. The molecule has 2 amide bonds. The molecule has 0 spiro atoms. The largest absolute Gasteiger partial charge is 0.338 e. The van der Waals surface area contributed by atoms with E-state index in [-0.39, 0.29) is 28.9 Å². The molecule has 2 aliphatic heterocycles. The summed E-state index contributed by atoms with van der Waals surface area (Å²) in [7, 11) is 0. The van der Waals surface area contributed by atoms with Crippen LogP contribution in [0.2, 0.25) is 10.0 Å². The van der Waals surface area contributed by atoms with Gasteiger partial charge in [-0.25, -0.2) is 4.39 Å². The molecular formula is C34H37Cl2FN4O4. The number of hydrogen-bond donors (Lipinski definition) is 0. The smallest absolute Gasteiger partial charge is 0.282 e. The molecular weight excluding hydrogens is 618 g/mol. The van der Waals surface area contributed by atoms with Crippen LogP contribution in [0.3, 0.4) is 0 Å². The van der Waals surface area contributed by atoms with E-state index in [1.54, 1.807) is 34.1 Å². The average Bonchev–Trinajstić information content (AvgIpc) is 3.06. The van der Waals surface area contributed by atoms with Crippen LogP contribution >= 0.6 is 23.2 Å². The van der Waals surface area contributed by atoms with Crippen LogP contribution in [0.1, 0.15) is 48.0 Å². The Bertz CT molecular complexity index is 1510. The van der Waals surface area contributed by atoms with Crippen LogP contribution in [0.5, 0.6) is 0 Å². The third kappa shape index (κ3) is 8.39. The number of rotatable bonds is 10. The van der Waals surface area contributed by atoms with E-state index in [0.29, 0.717) is 54.1 Å². The highest BCUT2D eigenvalue weighted by molar-refractivity contribution is 6.42. The van der Waals surface area contributed by atoms with Gasteiger partial charge in [0.25, 0.3) is 11.6 Å². The first-order valence-electron chi connectivity index (χ1n) is 15.5. The van der Waals surface area contributed by atoms with Gasteiger partial charge in [0.05, 0.1) is 15.0 Å². The number of amides is 2. The van der Waals surface area contributed by atoms with Crippen molar-refractivity contribution in [2.24, 2.45) is 11.8 Å². The fourth-order valence-electron chi connectivity index (χ4n) is 6.37. The highest BCUT2D eigenvalue weighted by Crippen LogP contribution is 2.31. The fourth-order valence-corrected chi connectivity index (χ4v) is 6.67. The van der Waals surface area contributed by atoms with Gasteiger partial charge in [0, 0.05) is 37.3 Å². The van der Waals surface area contributed by atoms with Crippen molar-refractivity contribution in [3.8, 4) is 0 Å². The molecule has 2 heterocycles. The number of carbonyl (C=O) groups is 2. The molecule has 2 saturated heterocycles. The number of benzene rings is 3. The quantitative estimate of drug-likeness (QED) is 0.169. The number of nitrogens with zero attached hydrogens (tertiary/aromatic N) is 4. The molecule has 0 unspecified atom stereocenters. The number of nitro groups is 1. The molecule has 45 heavy (non-hydrogen) atoms. The highest BCUT2D eigenvalue weighted by atomic mass is 35.5. The van der Waals surface area contributed by atoms with E-state index in [1.807, 2.05) is 12.1 Å². The minimum atomic E-state index is -0.547. The van der Waals surface area contributed by atoms with Gasteiger partial charge in [-0.3, -0.25) is 19.7 Å². The van der Waals surface area contributed by atoms with Crippen LogP contribution in [-0.4, -0.2) is 65.8 Å². The van der Waals surface area contributed by atoms with E-state index in [0.717, 1.165) is 45.3 Å². The van der Waals surface area contributed by atoms with Gasteiger partial charge >= 0.3 is 0 Å². The number of likely N-dealkylation sites (tertiary alicyclic amines) is 2. The number of piperidine rings is 2. The van der Waals surface area contributed by atoms with Gasteiger partial charge in [-0.05, 0) is 106 Å². The van der Waals surface area contributed by atoms with E-state index in [1.165, 1.54) is 35.9 Å². The second kappa shape index (κ2) is 15.2. The van der Waals surface area contributed by atoms with E-state index < -0.39 is 10.8 Å². The van der Waals surface area contributed by atoms with E-state index in [2.05, 4.69) is 4.90 Å². The van der Waals surface area contributed by atoms with Gasteiger partial charge in [0.1, 0.15) is 11.4 Å². The van der Waals surface area contributed by atoms with Crippen molar-refractivity contribution in [2.75, 3.05) is 44.2 Å². The van der Waals surface area contributed by atoms with Gasteiger partial charge in [-0.2, -0.15) is 0 Å². The standard InChI is InChI=1S/C34H37Cl2FN4O4/c35-30-11-10-28(23-31(30)36)40(17-3-16-38-18-12-25(13-19-38)22-24-6-8-27(37)9-7-24)33(42)26-14-20-39(21-15-26)34(43)29-4-1-2-5-32(29)41(44)45/h1-2,4-11,23,25-26H,3,12-22H2. The highest BCUT2D eigenvalue weighted by Gasteiger charge is 2.33. The van der Waals surface area contributed by atoms with Crippen LogP contribution in [0.15, 0.2) is 66.7 Å². The molecule has 8 nitrogen and oxygen atoms in total. The van der Waals surface area contributed by atoms with Crippen molar-refractivity contribution in [3.05, 3.63) is 104 Å². The van der Waals surface area contributed by atoms with E-state index >= 15 is 0 Å². The molecule has 0 radical (unpaired) electrons. The number of hydrogen-bond acceptors (Lipinski definition) is 5. The lowest BCUT2D eigenvalue weighted by Crippen LogP contribution is -2.45. The molecule has 238 valence electrons. The normalized spacial score (nSPS) is 16.5. The lowest BCUT2D eigenvalue weighted by molar-refractivity contribution is -0.385. The first-order valence-corrected chi connectivity index (χ1v) is 16.2. The zero-order valence-corrected chi connectivity index (χ0v) is 26.6. The summed E-state index contributed by atoms with van der Waals surface area (Å²) in [5, 5.41) is 12.2. The molecule has 11 heteroatoms. The predicted octanol–water partition coefficient (Wildman–Crippen LogP) is 7.27. The number of halogens is 3. The topological polar surface area (TPSA) is 87.0 Å². The predicted molar refractivity (Wildman–Crippen MR) is 174 cm³/mol. The summed E-state index contributed by atoms with van der Waals surface area (Å²) in [5.74, 6) is -0.345. The second-order valence-corrected chi connectivity index (χ2v) is 12.7. The molecule has 0 aromatic heterocycles. The molecule has 2 aliphatic rings. The van der Waals surface area contributed by atoms with Crippen LogP contribution in [0, 0.1) is 27.8 Å². The molecule has 0 saturated carbocycles. The maximum absolute atomic E-state index is 13.9. The second-order valence-electron chi connectivity index (χ2n) is 11.9. The Morgan fingerprint density at radius 3 is 2.27 bits per heavy atom. The maximum atomic E-state index is 13.9. The average molecular weight is 656 g/mol. The minimum absolute atomic E-state index is 0.0239. The van der Waals surface area contributed by atoms with E-state index in [9.17, 15) is 24.1 Å². The Morgan fingerprint density at radius 2 is 1.60 bits per heavy atom. The van der Waals surface area contributed by atoms with Gasteiger partial charge in [0.15, 0.2) is 0 Å². The van der Waals surface area contributed by atoms with Gasteiger partial charge in [0.2, 0.25) is 5.91 Å². The van der Waals surface area contributed by atoms with Gasteiger partial charge in [-0.1, -0.05) is 47.5 Å². The molecule has 0 bridgehead atoms. The summed E-state index contributed by atoms with van der Waals surface area (Å²) in [6, 6.07) is 17.9. The van der Waals surface area contributed by atoms with Crippen LogP contribution in [0.25, 0.3) is 0 Å². The Balaban J connectivity index is 1.17. The Kier molecular flexibility index (Phi) is 11.1. The zero-order chi connectivity index (χ0) is 31.9. The summed E-state index contributed by atoms with van der Waals surface area (Å²) in [5.41, 5.74) is 1.70. The summed E-state index contributed by atoms with van der Waals surface area (Å²) < 4.78 is 13.3. The third-order valence-electron chi connectivity index (χ3n) is 8.94. The summed E-state index contributed by atoms with van der Waals surface area (Å²) in [4.78, 5) is 43.8. The monoisotopic (exact) mass is 654 g/mol. The molecule has 0 N–H and O–H groups in total. The van der Waals surface area contributed by atoms with Gasteiger partial charge in [-0.15, -0.1) is 0 Å². The summed E-state index contributed by atoms with van der Waals surface area (Å²) >= 11 is 12.5. The first kappa shape index (κ1) is 32.9. The fraction of sp³-hybridized carbons (Fsp3) is 0.412. The van der Waals surface area contributed by atoms with Crippen molar-refractivity contribution < 1.29 is 18.9 Å². The van der Waals surface area contributed by atoms with Crippen molar-refractivity contribution in [2.45, 2.75) is 38.5 Å². The van der Waals surface area contributed by atoms with Crippen LogP contribution < -0.4 is 4.90 Å². The van der Waals surface area contributed by atoms with Crippen molar-refractivity contribution in [3.63, 3.8) is 0 Å². The number of para-hydroxylation sites is 1. The Labute approximate surface area is 272 Å². The molecule has 3 aromatic carbocycles. The summed E-state index contributed by atoms with van der Waals surface area (Å²) in [6.45, 7) is 4.02.